The molecule has 7 heteroatoms. The summed E-state index contributed by atoms with van der Waals surface area (Å²) in [6.07, 6.45) is 5.16. The molecule has 2 N–H and O–H groups in total. The largest absolute Gasteiger partial charge is 0.356 e. The third kappa shape index (κ3) is 4.70. The van der Waals surface area contributed by atoms with Gasteiger partial charge in [-0.2, -0.15) is 0 Å². The lowest BCUT2D eigenvalue weighted by atomic mass is 10.1. The normalized spacial score (nSPS) is 21.2. The van der Waals surface area contributed by atoms with Gasteiger partial charge < -0.3 is 10.6 Å². The molecule has 0 radical (unpaired) electrons. The van der Waals surface area contributed by atoms with Crippen LogP contribution in [-0.2, 0) is 16.3 Å². The van der Waals surface area contributed by atoms with Crippen LogP contribution >= 0.6 is 0 Å². The van der Waals surface area contributed by atoms with E-state index in [1.165, 1.54) is 11.1 Å². The predicted octanol–water partition coefficient (Wildman–Crippen LogP) is 0.285. The zero-order chi connectivity index (χ0) is 15.3. The lowest BCUT2D eigenvalue weighted by Gasteiger charge is -2.16. The highest BCUT2D eigenvalue weighted by molar-refractivity contribution is 7.91. The minimum absolute atomic E-state index is 0.0381. The molecule has 0 aromatic carbocycles. The van der Waals surface area contributed by atoms with E-state index in [-0.39, 0.29) is 17.5 Å². The Morgan fingerprint density at radius 3 is 2.95 bits per heavy atom. The van der Waals surface area contributed by atoms with Crippen molar-refractivity contribution >= 4 is 15.8 Å². The highest BCUT2D eigenvalue weighted by atomic mass is 32.2. The molecule has 0 saturated carbocycles. The first-order chi connectivity index (χ1) is 10.00. The molecule has 116 valence electrons. The Hall–Kier alpha value is -1.63. The Labute approximate surface area is 126 Å². The molecule has 1 fully saturated rings. The zero-order valence-electron chi connectivity index (χ0n) is 12.5. The Morgan fingerprint density at radius 2 is 2.33 bits per heavy atom. The van der Waals surface area contributed by atoms with E-state index < -0.39 is 9.84 Å². The molecule has 1 unspecified atom stereocenters. The molecule has 21 heavy (non-hydrogen) atoms. The molecule has 2 rings (SSSR count). The number of pyridine rings is 1. The summed E-state index contributed by atoms with van der Waals surface area (Å²) in [5.41, 5.74) is 2.42. The van der Waals surface area contributed by atoms with Gasteiger partial charge in [0.2, 0.25) is 0 Å². The first-order valence-corrected chi connectivity index (χ1v) is 8.89. The number of aliphatic imine (C=N–C) groups is 1. The predicted molar refractivity (Wildman–Crippen MR) is 84.2 cm³/mol. The van der Waals surface area contributed by atoms with Gasteiger partial charge in [-0.3, -0.25) is 9.98 Å². The molecule has 0 aliphatic carbocycles. The smallest absolute Gasteiger partial charge is 0.191 e. The highest BCUT2D eigenvalue weighted by Gasteiger charge is 2.28. The van der Waals surface area contributed by atoms with Crippen LogP contribution in [-0.4, -0.2) is 50.5 Å². The lowest BCUT2D eigenvalue weighted by molar-refractivity contribution is 0.599. The fourth-order valence-electron chi connectivity index (χ4n) is 2.40. The van der Waals surface area contributed by atoms with Crippen LogP contribution in [0.2, 0.25) is 0 Å². The minimum atomic E-state index is -2.87. The Bertz CT molecular complexity index is 613. The molecule has 0 spiro atoms. The second-order valence-electron chi connectivity index (χ2n) is 5.30. The van der Waals surface area contributed by atoms with Crippen LogP contribution in [0.1, 0.15) is 17.5 Å². The van der Waals surface area contributed by atoms with Crippen molar-refractivity contribution in [2.75, 3.05) is 25.1 Å². The fraction of sp³-hybridized carbons (Fsp3) is 0.571. The maximum Gasteiger partial charge on any atom is 0.191 e. The van der Waals surface area contributed by atoms with Crippen LogP contribution in [0.3, 0.4) is 0 Å². The highest BCUT2D eigenvalue weighted by Crippen LogP contribution is 2.11. The molecule has 0 amide bonds. The molecule has 6 nitrogen and oxygen atoms in total. The van der Waals surface area contributed by atoms with Crippen LogP contribution in [0.25, 0.3) is 0 Å². The Balaban J connectivity index is 1.80. The van der Waals surface area contributed by atoms with Gasteiger partial charge in [0, 0.05) is 32.0 Å². The van der Waals surface area contributed by atoms with E-state index in [9.17, 15) is 8.42 Å². The van der Waals surface area contributed by atoms with Crippen molar-refractivity contribution in [3.63, 3.8) is 0 Å². The van der Waals surface area contributed by atoms with Gasteiger partial charge in [0.15, 0.2) is 15.8 Å². The number of nitrogens with zero attached hydrogens (tertiary/aromatic N) is 2. The summed E-state index contributed by atoms with van der Waals surface area (Å²) < 4.78 is 22.9. The third-order valence-corrected chi connectivity index (χ3v) is 5.39. The molecule has 1 aromatic rings. The van der Waals surface area contributed by atoms with E-state index in [4.69, 9.17) is 0 Å². The molecule has 1 aromatic heterocycles. The van der Waals surface area contributed by atoms with Gasteiger partial charge in [-0.15, -0.1) is 0 Å². The fourth-order valence-corrected chi connectivity index (χ4v) is 4.07. The van der Waals surface area contributed by atoms with Crippen molar-refractivity contribution < 1.29 is 8.42 Å². The van der Waals surface area contributed by atoms with Crippen LogP contribution in [0.15, 0.2) is 23.5 Å². The molecule has 0 bridgehead atoms. The number of sulfone groups is 1. The molecule has 1 atom stereocenters. The topological polar surface area (TPSA) is 83.4 Å². The molecular formula is C14H22N4O2S. The van der Waals surface area contributed by atoms with Crippen molar-refractivity contribution in [1.82, 2.24) is 15.6 Å². The lowest BCUT2D eigenvalue weighted by Crippen LogP contribution is -2.44. The van der Waals surface area contributed by atoms with Gasteiger partial charge in [0.05, 0.1) is 11.5 Å². The van der Waals surface area contributed by atoms with Crippen molar-refractivity contribution in [3.8, 4) is 0 Å². The summed E-state index contributed by atoms with van der Waals surface area (Å²) >= 11 is 0. The molecular weight excluding hydrogens is 288 g/mol. The molecule has 1 saturated heterocycles. The van der Waals surface area contributed by atoms with E-state index in [1.807, 2.05) is 19.2 Å². The first kappa shape index (κ1) is 15.8. The van der Waals surface area contributed by atoms with Crippen molar-refractivity contribution in [3.05, 3.63) is 29.6 Å². The van der Waals surface area contributed by atoms with Gasteiger partial charge in [-0.25, -0.2) is 8.42 Å². The van der Waals surface area contributed by atoms with Crippen LogP contribution < -0.4 is 10.6 Å². The maximum absolute atomic E-state index is 11.4. The maximum atomic E-state index is 11.4. The van der Waals surface area contributed by atoms with Crippen LogP contribution in [0.4, 0.5) is 0 Å². The molecule has 1 aliphatic rings. The number of guanidine groups is 1. The number of nitrogens with one attached hydrogen (secondary N) is 2. The number of hydrogen-bond donors (Lipinski definition) is 2. The summed E-state index contributed by atoms with van der Waals surface area (Å²) in [4.78, 5) is 8.21. The van der Waals surface area contributed by atoms with Crippen LogP contribution in [0.5, 0.6) is 0 Å². The summed E-state index contributed by atoms with van der Waals surface area (Å²) in [5, 5.41) is 6.39. The molecule has 1 aliphatic heterocycles. The number of hydrogen-bond acceptors (Lipinski definition) is 4. The van der Waals surface area contributed by atoms with Gasteiger partial charge in [0.1, 0.15) is 0 Å². The zero-order valence-corrected chi connectivity index (χ0v) is 13.3. The van der Waals surface area contributed by atoms with E-state index in [1.54, 1.807) is 13.2 Å². The van der Waals surface area contributed by atoms with Crippen LogP contribution in [0, 0.1) is 6.92 Å². The third-order valence-electron chi connectivity index (χ3n) is 3.62. The Kier molecular flexibility index (Phi) is 5.17. The number of aromatic nitrogens is 1. The summed E-state index contributed by atoms with van der Waals surface area (Å²) in [7, 11) is -1.18. The second-order valence-corrected chi connectivity index (χ2v) is 7.52. The summed E-state index contributed by atoms with van der Waals surface area (Å²) in [5.74, 6) is 1.11. The van der Waals surface area contributed by atoms with Gasteiger partial charge in [-0.1, -0.05) is 0 Å². The summed E-state index contributed by atoms with van der Waals surface area (Å²) in [6, 6.07) is 1.97. The summed E-state index contributed by atoms with van der Waals surface area (Å²) in [6.45, 7) is 2.78. The molecule has 2 heterocycles. The van der Waals surface area contributed by atoms with Gasteiger partial charge >= 0.3 is 0 Å². The number of aryl methyl sites for hydroxylation is 1. The first-order valence-electron chi connectivity index (χ1n) is 7.07. The quantitative estimate of drug-likeness (QED) is 0.617. The second kappa shape index (κ2) is 6.89. The van der Waals surface area contributed by atoms with E-state index in [2.05, 4.69) is 20.6 Å². The van der Waals surface area contributed by atoms with Gasteiger partial charge in [-0.05, 0) is 37.0 Å². The average Bonchev–Trinajstić information content (AvgIpc) is 2.79. The number of rotatable bonds is 4. The van der Waals surface area contributed by atoms with Crippen molar-refractivity contribution in [2.24, 2.45) is 4.99 Å². The monoisotopic (exact) mass is 310 g/mol. The Morgan fingerprint density at radius 1 is 1.52 bits per heavy atom. The average molecular weight is 310 g/mol. The standard InChI is InChI=1S/C14H22N4O2S/c1-11-9-16-6-3-12(11)4-7-17-14(15-2)18-13-5-8-21(19,20)10-13/h3,6,9,13H,4-5,7-8,10H2,1-2H3,(H2,15,17,18). The van der Waals surface area contributed by atoms with E-state index >= 15 is 0 Å². The van der Waals surface area contributed by atoms with Gasteiger partial charge in [0.25, 0.3) is 0 Å². The SMILES string of the molecule is CN=C(NCCc1ccncc1C)NC1CCS(=O)(=O)C1. The van der Waals surface area contributed by atoms with E-state index in [0.29, 0.717) is 12.4 Å². The minimum Gasteiger partial charge on any atom is -0.356 e. The van der Waals surface area contributed by atoms with Crippen molar-refractivity contribution in [1.29, 1.82) is 0 Å². The van der Waals surface area contributed by atoms with Crippen molar-refractivity contribution in [2.45, 2.75) is 25.8 Å². The van der Waals surface area contributed by atoms with E-state index in [0.717, 1.165) is 13.0 Å².